The molecule has 1 aromatic carbocycles. The summed E-state index contributed by atoms with van der Waals surface area (Å²) in [6.07, 6.45) is 0.952. The lowest BCUT2D eigenvalue weighted by Crippen LogP contribution is -2.53. The molecule has 6 nitrogen and oxygen atoms in total. The number of carbonyl (C=O) groups is 2. The third-order valence-corrected chi connectivity index (χ3v) is 4.57. The smallest absolute Gasteiger partial charge is 0.256 e. The summed E-state index contributed by atoms with van der Waals surface area (Å²) in [7, 11) is 2.00. The zero-order valence-corrected chi connectivity index (χ0v) is 14.8. The van der Waals surface area contributed by atoms with Gasteiger partial charge in [-0.3, -0.25) is 14.5 Å². The highest BCUT2D eigenvalue weighted by molar-refractivity contribution is 6.31. The number of carbonyl (C=O) groups excluding carboxylic acids is 2. The molecule has 2 amide bonds. The van der Waals surface area contributed by atoms with Crippen LogP contribution in [0.4, 0.5) is 5.69 Å². The number of piperazine rings is 1. The molecular weight excluding hydrogens is 330 g/mol. The molecule has 1 atom stereocenters. The maximum atomic E-state index is 12.9. The number of hydrogen-bond donors (Lipinski definition) is 2. The molecule has 0 saturated carbocycles. The first-order chi connectivity index (χ1) is 11.5. The van der Waals surface area contributed by atoms with Gasteiger partial charge in [-0.1, -0.05) is 18.5 Å². The van der Waals surface area contributed by atoms with Crippen LogP contribution in [-0.2, 0) is 4.79 Å². The van der Waals surface area contributed by atoms with Crippen LogP contribution in [0, 0.1) is 0 Å². The number of aliphatic hydroxyl groups is 1. The Morgan fingerprint density at radius 2 is 2.12 bits per heavy atom. The molecule has 0 aliphatic carbocycles. The molecule has 24 heavy (non-hydrogen) atoms. The van der Waals surface area contributed by atoms with E-state index in [0.29, 0.717) is 42.2 Å². The Hall–Kier alpha value is -1.63. The molecule has 2 rings (SSSR count). The molecular formula is C17H24ClN3O3. The van der Waals surface area contributed by atoms with Gasteiger partial charge in [0.1, 0.15) is 0 Å². The molecule has 0 radical (unpaired) electrons. The van der Waals surface area contributed by atoms with Crippen LogP contribution in [0.2, 0.25) is 5.02 Å². The Kier molecular flexibility index (Phi) is 6.60. The van der Waals surface area contributed by atoms with Gasteiger partial charge < -0.3 is 15.3 Å². The highest BCUT2D eigenvalue weighted by Gasteiger charge is 2.28. The number of hydrogen-bond acceptors (Lipinski definition) is 4. The summed E-state index contributed by atoms with van der Waals surface area (Å²) >= 11 is 6.01. The number of benzene rings is 1. The number of anilines is 1. The van der Waals surface area contributed by atoms with E-state index in [1.54, 1.807) is 30.0 Å². The van der Waals surface area contributed by atoms with Gasteiger partial charge in [-0.15, -0.1) is 0 Å². The Labute approximate surface area is 147 Å². The summed E-state index contributed by atoms with van der Waals surface area (Å²) in [4.78, 5) is 28.5. The van der Waals surface area contributed by atoms with E-state index in [1.807, 2.05) is 7.05 Å². The Morgan fingerprint density at radius 3 is 2.79 bits per heavy atom. The van der Waals surface area contributed by atoms with Crippen LogP contribution < -0.4 is 5.32 Å². The van der Waals surface area contributed by atoms with Crippen molar-refractivity contribution >= 4 is 29.1 Å². The topological polar surface area (TPSA) is 72.9 Å². The van der Waals surface area contributed by atoms with Gasteiger partial charge in [-0.25, -0.2) is 0 Å². The molecule has 0 bridgehead atoms. The number of amides is 2. The second-order valence-corrected chi connectivity index (χ2v) is 6.43. The van der Waals surface area contributed by atoms with E-state index in [-0.39, 0.29) is 24.5 Å². The average molecular weight is 354 g/mol. The lowest BCUT2D eigenvalue weighted by molar-refractivity contribution is -0.115. The maximum Gasteiger partial charge on any atom is 0.256 e. The number of nitrogens with zero attached hydrogens (tertiary/aromatic N) is 2. The molecule has 2 N–H and O–H groups in total. The van der Waals surface area contributed by atoms with Gasteiger partial charge >= 0.3 is 0 Å². The van der Waals surface area contributed by atoms with Crippen molar-refractivity contribution in [3.8, 4) is 0 Å². The summed E-state index contributed by atoms with van der Waals surface area (Å²) in [6, 6.07) is 5.03. The Bertz CT molecular complexity index is 609. The van der Waals surface area contributed by atoms with Crippen LogP contribution in [0.5, 0.6) is 0 Å². The first-order valence-corrected chi connectivity index (χ1v) is 8.53. The molecule has 0 aromatic heterocycles. The molecule has 7 heteroatoms. The van der Waals surface area contributed by atoms with Crippen molar-refractivity contribution in [1.82, 2.24) is 9.80 Å². The molecule has 0 spiro atoms. The second kappa shape index (κ2) is 8.46. The Morgan fingerprint density at radius 1 is 1.38 bits per heavy atom. The number of rotatable bonds is 5. The second-order valence-electron chi connectivity index (χ2n) is 5.99. The normalized spacial score (nSPS) is 18.5. The molecule has 132 valence electrons. The third kappa shape index (κ3) is 4.47. The predicted octanol–water partition coefficient (Wildman–Crippen LogP) is 1.83. The summed E-state index contributed by atoms with van der Waals surface area (Å²) in [5.74, 6) is -0.294. The van der Waals surface area contributed by atoms with Gasteiger partial charge in [-0.2, -0.15) is 0 Å². The van der Waals surface area contributed by atoms with E-state index in [9.17, 15) is 14.7 Å². The van der Waals surface area contributed by atoms with E-state index >= 15 is 0 Å². The summed E-state index contributed by atoms with van der Waals surface area (Å²) in [5, 5.41) is 12.4. The highest BCUT2D eigenvalue weighted by atomic mass is 35.5. The molecule has 1 aliphatic heterocycles. The standard InChI is InChI=1S/C17H24ClN3O3/c1-3-16(23)19-15-10-12(18)4-5-14(15)17(24)21-8-7-20(2)13(11-21)6-9-22/h4-5,10,13,22H,3,6-9,11H2,1-2H3,(H,19,23). The van der Waals surface area contributed by atoms with E-state index in [1.165, 1.54) is 0 Å². The highest BCUT2D eigenvalue weighted by Crippen LogP contribution is 2.24. The van der Waals surface area contributed by atoms with Gasteiger partial charge in [0, 0.05) is 43.7 Å². The van der Waals surface area contributed by atoms with Crippen molar-refractivity contribution in [1.29, 1.82) is 0 Å². The zero-order valence-electron chi connectivity index (χ0n) is 14.1. The largest absolute Gasteiger partial charge is 0.396 e. The third-order valence-electron chi connectivity index (χ3n) is 4.33. The van der Waals surface area contributed by atoms with Crippen LogP contribution in [0.1, 0.15) is 30.1 Å². The maximum absolute atomic E-state index is 12.9. The number of likely N-dealkylation sites (N-methyl/N-ethyl adjacent to an activating group) is 1. The van der Waals surface area contributed by atoms with Crippen molar-refractivity contribution in [2.45, 2.75) is 25.8 Å². The quantitative estimate of drug-likeness (QED) is 0.847. The minimum absolute atomic E-state index is 0.0930. The van der Waals surface area contributed by atoms with Crippen LogP contribution in [-0.4, -0.2) is 66.1 Å². The minimum atomic E-state index is -0.164. The first-order valence-electron chi connectivity index (χ1n) is 8.16. The number of halogens is 1. The van der Waals surface area contributed by atoms with E-state index in [2.05, 4.69) is 10.2 Å². The molecule has 1 saturated heterocycles. The fourth-order valence-electron chi connectivity index (χ4n) is 2.81. The van der Waals surface area contributed by atoms with E-state index < -0.39 is 0 Å². The lowest BCUT2D eigenvalue weighted by atomic mass is 10.1. The van der Waals surface area contributed by atoms with Crippen molar-refractivity contribution in [2.24, 2.45) is 0 Å². The summed E-state index contributed by atoms with van der Waals surface area (Å²) in [6.45, 7) is 3.76. The van der Waals surface area contributed by atoms with Crippen molar-refractivity contribution in [3.05, 3.63) is 28.8 Å². The molecule has 1 fully saturated rings. The van der Waals surface area contributed by atoms with Gasteiger partial charge in [0.25, 0.3) is 5.91 Å². The lowest BCUT2D eigenvalue weighted by Gasteiger charge is -2.39. The molecule has 1 unspecified atom stereocenters. The molecule has 1 aliphatic rings. The first kappa shape index (κ1) is 18.7. The number of aliphatic hydroxyl groups excluding tert-OH is 1. The molecule has 1 heterocycles. The van der Waals surface area contributed by atoms with Crippen molar-refractivity contribution in [2.75, 3.05) is 38.6 Å². The van der Waals surface area contributed by atoms with E-state index in [4.69, 9.17) is 11.6 Å². The summed E-state index contributed by atoms with van der Waals surface area (Å²) < 4.78 is 0. The van der Waals surface area contributed by atoms with Crippen molar-refractivity contribution in [3.63, 3.8) is 0 Å². The zero-order chi connectivity index (χ0) is 17.7. The monoisotopic (exact) mass is 353 g/mol. The van der Waals surface area contributed by atoms with Crippen LogP contribution in [0.15, 0.2) is 18.2 Å². The van der Waals surface area contributed by atoms with Gasteiger partial charge in [0.05, 0.1) is 11.3 Å². The van der Waals surface area contributed by atoms with Crippen LogP contribution >= 0.6 is 11.6 Å². The van der Waals surface area contributed by atoms with Gasteiger partial charge in [0.2, 0.25) is 5.91 Å². The van der Waals surface area contributed by atoms with Crippen LogP contribution in [0.25, 0.3) is 0 Å². The summed E-state index contributed by atoms with van der Waals surface area (Å²) in [5.41, 5.74) is 0.880. The van der Waals surface area contributed by atoms with Crippen LogP contribution in [0.3, 0.4) is 0 Å². The van der Waals surface area contributed by atoms with E-state index in [0.717, 1.165) is 6.54 Å². The molecule has 1 aromatic rings. The Balaban J connectivity index is 2.21. The minimum Gasteiger partial charge on any atom is -0.396 e. The van der Waals surface area contributed by atoms with Crippen molar-refractivity contribution < 1.29 is 14.7 Å². The van der Waals surface area contributed by atoms with Gasteiger partial charge in [0.15, 0.2) is 0 Å². The average Bonchev–Trinajstić information content (AvgIpc) is 2.56. The predicted molar refractivity (Wildman–Crippen MR) is 94.4 cm³/mol. The van der Waals surface area contributed by atoms with Gasteiger partial charge in [-0.05, 0) is 31.7 Å². The fraction of sp³-hybridized carbons (Fsp3) is 0.529. The number of nitrogens with one attached hydrogen (secondary N) is 1. The fourth-order valence-corrected chi connectivity index (χ4v) is 2.98. The SMILES string of the molecule is CCC(=O)Nc1cc(Cl)ccc1C(=O)N1CCN(C)C(CCO)C1.